The van der Waals surface area contributed by atoms with Crippen LogP contribution in [0.1, 0.15) is 67.8 Å². The second-order valence-electron chi connectivity index (χ2n) is 7.98. The Morgan fingerprint density at radius 2 is 1.89 bits per heavy atom. The minimum atomic E-state index is -0.340. The van der Waals surface area contributed by atoms with Crippen LogP contribution in [-0.2, 0) is 14.9 Å². The zero-order valence-corrected chi connectivity index (χ0v) is 15.5. The molecule has 0 spiro atoms. The van der Waals surface area contributed by atoms with Crippen LogP contribution in [0.2, 0.25) is 0 Å². The molecule has 3 fully saturated rings. The average Bonchev–Trinajstić information content (AvgIpc) is 3.15. The predicted octanol–water partition coefficient (Wildman–Crippen LogP) is 3.36. The van der Waals surface area contributed by atoms with E-state index in [0.717, 1.165) is 69.7 Å². The summed E-state index contributed by atoms with van der Waals surface area (Å²) in [6, 6.07) is 10.1. The van der Waals surface area contributed by atoms with Crippen molar-refractivity contribution in [3.05, 3.63) is 47.6 Å². The van der Waals surface area contributed by atoms with E-state index in [0.29, 0.717) is 11.8 Å². The normalized spacial score (nSPS) is 24.9. The largest absolute Gasteiger partial charge is 0.381 e. The molecule has 1 unspecified atom stereocenters. The van der Waals surface area contributed by atoms with Gasteiger partial charge in [0.1, 0.15) is 6.04 Å². The summed E-state index contributed by atoms with van der Waals surface area (Å²) in [5.74, 6) is 1.91. The van der Waals surface area contributed by atoms with Crippen molar-refractivity contribution < 1.29 is 14.1 Å². The highest BCUT2D eigenvalue weighted by Gasteiger charge is 2.55. The predicted molar refractivity (Wildman–Crippen MR) is 98.1 cm³/mol. The highest BCUT2D eigenvalue weighted by molar-refractivity contribution is 5.91. The van der Waals surface area contributed by atoms with Crippen molar-refractivity contribution in [2.75, 3.05) is 19.8 Å². The topological polar surface area (TPSA) is 68.5 Å². The fraction of sp³-hybridized carbons (Fsp3) is 0.571. The third-order valence-corrected chi connectivity index (χ3v) is 6.33. The number of amides is 1. The number of hydrogen-bond donors (Lipinski definition) is 0. The lowest BCUT2D eigenvalue weighted by molar-refractivity contribution is -0.135. The first-order chi connectivity index (χ1) is 13.3. The molecular weight excluding hydrogens is 342 g/mol. The summed E-state index contributed by atoms with van der Waals surface area (Å²) in [5.41, 5.74) is 0.794. The minimum Gasteiger partial charge on any atom is -0.381 e. The number of likely N-dealkylation sites (tertiary alicyclic amines) is 1. The van der Waals surface area contributed by atoms with Gasteiger partial charge in [-0.1, -0.05) is 35.5 Å². The van der Waals surface area contributed by atoms with Gasteiger partial charge < -0.3 is 14.2 Å². The third kappa shape index (κ3) is 2.96. The summed E-state index contributed by atoms with van der Waals surface area (Å²) < 4.78 is 11.0. The molecule has 5 rings (SSSR count). The van der Waals surface area contributed by atoms with Gasteiger partial charge in [0.15, 0.2) is 5.82 Å². The Hall–Kier alpha value is -2.21. The quantitative estimate of drug-likeness (QED) is 0.829. The Balaban J connectivity index is 1.36. The second kappa shape index (κ2) is 6.75. The molecule has 0 bridgehead atoms. The van der Waals surface area contributed by atoms with E-state index in [4.69, 9.17) is 14.2 Å². The number of aromatic nitrogens is 2. The first-order valence-electron chi connectivity index (χ1n) is 10.1. The van der Waals surface area contributed by atoms with E-state index in [1.54, 1.807) is 0 Å². The maximum atomic E-state index is 13.4. The van der Waals surface area contributed by atoms with E-state index in [9.17, 15) is 4.79 Å². The number of nitrogens with zero attached hydrogens (tertiary/aromatic N) is 3. The van der Waals surface area contributed by atoms with Gasteiger partial charge in [-0.3, -0.25) is 4.79 Å². The Bertz CT molecular complexity index is 809. The van der Waals surface area contributed by atoms with Crippen LogP contribution in [0.4, 0.5) is 0 Å². The Kier molecular flexibility index (Phi) is 4.23. The molecule has 27 heavy (non-hydrogen) atoms. The molecule has 1 atom stereocenters. The van der Waals surface area contributed by atoms with Crippen molar-refractivity contribution in [1.82, 2.24) is 15.0 Å². The van der Waals surface area contributed by atoms with Crippen molar-refractivity contribution >= 4 is 5.91 Å². The molecule has 2 saturated heterocycles. The van der Waals surface area contributed by atoms with Gasteiger partial charge in [-0.05, 0) is 44.1 Å². The van der Waals surface area contributed by atoms with Crippen LogP contribution in [0, 0.1) is 0 Å². The molecule has 6 heteroatoms. The van der Waals surface area contributed by atoms with Crippen LogP contribution in [0.15, 0.2) is 34.9 Å². The van der Waals surface area contributed by atoms with Gasteiger partial charge in [0, 0.05) is 25.7 Å². The number of hydrogen-bond acceptors (Lipinski definition) is 5. The molecule has 1 aliphatic carbocycles. The van der Waals surface area contributed by atoms with E-state index in [2.05, 4.69) is 17.3 Å². The van der Waals surface area contributed by atoms with Crippen molar-refractivity contribution in [3.8, 4) is 0 Å². The molecule has 142 valence electrons. The lowest BCUT2D eigenvalue weighted by Crippen LogP contribution is -2.39. The Morgan fingerprint density at radius 1 is 1.11 bits per heavy atom. The third-order valence-electron chi connectivity index (χ3n) is 6.33. The number of carbonyl (C=O) groups is 1. The van der Waals surface area contributed by atoms with Gasteiger partial charge in [0.25, 0.3) is 0 Å². The van der Waals surface area contributed by atoms with Gasteiger partial charge >= 0.3 is 0 Å². The SMILES string of the molecule is O=C(N1CCCC1c1nc(C2CCOCC2)no1)C1(c2ccccc2)CC1. The Labute approximate surface area is 158 Å². The van der Waals surface area contributed by atoms with E-state index < -0.39 is 0 Å². The molecule has 3 aliphatic rings. The fourth-order valence-electron chi connectivity index (χ4n) is 4.55. The lowest BCUT2D eigenvalue weighted by atomic mass is 9.94. The lowest BCUT2D eigenvalue weighted by Gasteiger charge is -2.27. The molecule has 1 amide bonds. The molecule has 0 N–H and O–H groups in total. The zero-order valence-electron chi connectivity index (χ0n) is 15.5. The summed E-state index contributed by atoms with van der Waals surface area (Å²) in [5, 5.41) is 4.23. The maximum Gasteiger partial charge on any atom is 0.249 e. The molecule has 1 aromatic carbocycles. The molecule has 0 radical (unpaired) electrons. The molecule has 2 aliphatic heterocycles. The van der Waals surface area contributed by atoms with E-state index in [1.165, 1.54) is 0 Å². The number of carbonyl (C=O) groups excluding carboxylic acids is 1. The number of benzene rings is 1. The van der Waals surface area contributed by atoms with Gasteiger partial charge in [-0.15, -0.1) is 0 Å². The summed E-state index contributed by atoms with van der Waals surface area (Å²) in [6.45, 7) is 2.28. The molecule has 1 saturated carbocycles. The summed E-state index contributed by atoms with van der Waals surface area (Å²) in [7, 11) is 0. The highest BCUT2D eigenvalue weighted by atomic mass is 16.5. The van der Waals surface area contributed by atoms with E-state index in [-0.39, 0.29) is 17.4 Å². The smallest absolute Gasteiger partial charge is 0.249 e. The zero-order chi connectivity index (χ0) is 18.3. The Morgan fingerprint density at radius 3 is 2.63 bits per heavy atom. The van der Waals surface area contributed by atoms with E-state index in [1.807, 2.05) is 23.1 Å². The summed E-state index contributed by atoms with van der Waals surface area (Å²) in [4.78, 5) is 20.1. The highest BCUT2D eigenvalue weighted by Crippen LogP contribution is 2.51. The van der Waals surface area contributed by atoms with Crippen LogP contribution in [0.25, 0.3) is 0 Å². The summed E-state index contributed by atoms with van der Waals surface area (Å²) >= 11 is 0. The van der Waals surface area contributed by atoms with Crippen molar-refractivity contribution in [1.29, 1.82) is 0 Å². The van der Waals surface area contributed by atoms with Gasteiger partial charge in [-0.2, -0.15) is 4.98 Å². The van der Waals surface area contributed by atoms with Gasteiger partial charge in [0.2, 0.25) is 11.8 Å². The van der Waals surface area contributed by atoms with Crippen LogP contribution in [-0.4, -0.2) is 40.7 Å². The monoisotopic (exact) mass is 367 g/mol. The van der Waals surface area contributed by atoms with E-state index >= 15 is 0 Å². The van der Waals surface area contributed by atoms with Crippen LogP contribution in [0.3, 0.4) is 0 Å². The first kappa shape index (κ1) is 16.9. The van der Waals surface area contributed by atoms with Crippen LogP contribution >= 0.6 is 0 Å². The van der Waals surface area contributed by atoms with Gasteiger partial charge in [-0.25, -0.2) is 0 Å². The average molecular weight is 367 g/mol. The van der Waals surface area contributed by atoms with Crippen molar-refractivity contribution in [2.45, 2.75) is 55.9 Å². The minimum absolute atomic E-state index is 0.0835. The molecule has 3 heterocycles. The van der Waals surface area contributed by atoms with Crippen LogP contribution < -0.4 is 0 Å². The molecule has 2 aromatic rings. The number of rotatable bonds is 4. The van der Waals surface area contributed by atoms with Crippen molar-refractivity contribution in [2.24, 2.45) is 0 Å². The first-order valence-corrected chi connectivity index (χ1v) is 10.1. The second-order valence-corrected chi connectivity index (χ2v) is 7.98. The van der Waals surface area contributed by atoms with Gasteiger partial charge in [0.05, 0.1) is 5.41 Å². The molecular formula is C21H25N3O3. The summed E-state index contributed by atoms with van der Waals surface area (Å²) in [6.07, 6.45) is 5.60. The molecule has 1 aromatic heterocycles. The maximum absolute atomic E-state index is 13.4. The van der Waals surface area contributed by atoms with Crippen molar-refractivity contribution in [3.63, 3.8) is 0 Å². The standard InChI is InChI=1S/C21H25N3O3/c25-20(21(10-11-21)16-5-2-1-3-6-16)24-12-4-7-17(24)19-22-18(23-27-19)15-8-13-26-14-9-15/h1-3,5-6,15,17H,4,7-14H2. The van der Waals surface area contributed by atoms with Crippen LogP contribution in [0.5, 0.6) is 0 Å². The number of ether oxygens (including phenoxy) is 1. The molecule has 6 nitrogen and oxygen atoms in total. The fourth-order valence-corrected chi connectivity index (χ4v) is 4.55.